The first kappa shape index (κ1) is 19.0. The molecule has 27 heavy (non-hydrogen) atoms. The first-order chi connectivity index (χ1) is 13.0. The van der Waals surface area contributed by atoms with E-state index in [1.807, 2.05) is 12.1 Å². The Balaban J connectivity index is 1.54. The number of carbonyl (C=O) groups excluding carboxylic acids is 1. The zero-order valence-corrected chi connectivity index (χ0v) is 17.3. The average Bonchev–Trinajstić information content (AvgIpc) is 3.37. The lowest BCUT2D eigenvalue weighted by Crippen LogP contribution is -2.35. The summed E-state index contributed by atoms with van der Waals surface area (Å²) in [5, 5.41) is 0.894. The van der Waals surface area contributed by atoms with Crippen molar-refractivity contribution in [3.63, 3.8) is 0 Å². The van der Waals surface area contributed by atoms with Gasteiger partial charge in [0.15, 0.2) is 0 Å². The molecular weight excluding hydrogens is 425 g/mol. The van der Waals surface area contributed by atoms with E-state index in [0.29, 0.717) is 42.9 Å². The fraction of sp³-hybridized carbons (Fsp3) is 0.263. The van der Waals surface area contributed by atoms with Crippen LogP contribution in [0.3, 0.4) is 0 Å². The van der Waals surface area contributed by atoms with Gasteiger partial charge in [0.2, 0.25) is 0 Å². The van der Waals surface area contributed by atoms with Crippen molar-refractivity contribution in [3.8, 4) is 11.3 Å². The molecule has 2 saturated heterocycles. The first-order valence-electron chi connectivity index (χ1n) is 8.44. The summed E-state index contributed by atoms with van der Waals surface area (Å²) in [5.74, 6) is 1.03. The number of benzene rings is 1. The summed E-state index contributed by atoms with van der Waals surface area (Å²) >= 11 is 19.0. The maximum absolute atomic E-state index is 12.7. The Kier molecular flexibility index (Phi) is 5.62. The summed E-state index contributed by atoms with van der Waals surface area (Å²) in [6.45, 7) is 1.25. The number of hydrogen-bond acceptors (Lipinski definition) is 5. The van der Waals surface area contributed by atoms with Gasteiger partial charge in [-0.15, -0.1) is 0 Å². The number of hydrogen-bond donors (Lipinski definition) is 0. The van der Waals surface area contributed by atoms with Crippen LogP contribution in [0.5, 0.6) is 0 Å². The second kappa shape index (κ2) is 7.97. The van der Waals surface area contributed by atoms with Gasteiger partial charge in [0, 0.05) is 18.2 Å². The Morgan fingerprint density at radius 3 is 2.93 bits per heavy atom. The Hall–Kier alpha value is -1.31. The highest BCUT2D eigenvalue weighted by Gasteiger charge is 2.34. The molecule has 1 aromatic carbocycles. The molecule has 4 nitrogen and oxygen atoms in total. The Morgan fingerprint density at radius 2 is 2.15 bits per heavy atom. The minimum atomic E-state index is -0.112. The lowest BCUT2D eigenvalue weighted by atomic mass is 10.2. The van der Waals surface area contributed by atoms with Gasteiger partial charge in [-0.3, -0.25) is 9.69 Å². The third-order valence-electron chi connectivity index (χ3n) is 4.40. The number of rotatable bonds is 4. The van der Waals surface area contributed by atoms with Crippen LogP contribution >= 0.6 is 47.2 Å². The summed E-state index contributed by atoms with van der Waals surface area (Å²) in [6.07, 6.45) is 3.75. The largest absolute Gasteiger partial charge is 0.457 e. The Labute approximate surface area is 176 Å². The van der Waals surface area contributed by atoms with Gasteiger partial charge >= 0.3 is 0 Å². The highest BCUT2D eigenvalue weighted by molar-refractivity contribution is 8.26. The van der Waals surface area contributed by atoms with E-state index in [9.17, 15) is 4.79 Å². The van der Waals surface area contributed by atoms with Gasteiger partial charge < -0.3 is 9.15 Å². The van der Waals surface area contributed by atoms with Crippen molar-refractivity contribution in [1.29, 1.82) is 0 Å². The van der Waals surface area contributed by atoms with Gasteiger partial charge in [0.25, 0.3) is 5.91 Å². The lowest BCUT2D eigenvalue weighted by molar-refractivity contribution is -0.123. The van der Waals surface area contributed by atoms with Crippen LogP contribution in [-0.2, 0) is 9.53 Å². The predicted octanol–water partition coefficient (Wildman–Crippen LogP) is 5.63. The van der Waals surface area contributed by atoms with Crippen LogP contribution < -0.4 is 0 Å². The van der Waals surface area contributed by atoms with E-state index in [1.54, 1.807) is 29.2 Å². The number of ether oxygens (including phenoxy) is 1. The second-order valence-corrected chi connectivity index (χ2v) is 8.69. The standard InChI is InChI=1S/C19H15Cl2NO3S2/c20-14-5-1-4-13(17(14)21)15-7-6-11(25-15)9-16-18(23)22(19(26)27-16)10-12-3-2-8-24-12/h1,4-7,9,12H,2-3,8,10H2/b16-9-/t12-/m1/s1. The number of thioether (sulfide) groups is 1. The van der Waals surface area contributed by atoms with Gasteiger partial charge in [0.1, 0.15) is 15.8 Å². The SMILES string of the molecule is O=C1/C(=C/c2ccc(-c3cccc(Cl)c3Cl)o2)SC(=S)N1C[C@H]1CCCO1. The van der Waals surface area contributed by atoms with Crippen LogP contribution in [0.25, 0.3) is 17.4 Å². The second-order valence-electron chi connectivity index (χ2n) is 6.23. The molecule has 1 amide bonds. The normalized spacial score (nSPS) is 21.6. The summed E-state index contributed by atoms with van der Waals surface area (Å²) < 4.78 is 12.0. The molecule has 2 aliphatic rings. The topological polar surface area (TPSA) is 42.7 Å². The van der Waals surface area contributed by atoms with Crippen LogP contribution in [0.2, 0.25) is 10.0 Å². The molecule has 0 radical (unpaired) electrons. The summed E-state index contributed by atoms with van der Waals surface area (Å²) in [5.41, 5.74) is 0.703. The molecule has 0 aliphatic carbocycles. The number of nitrogens with zero attached hydrogens (tertiary/aromatic N) is 1. The Morgan fingerprint density at radius 1 is 1.30 bits per heavy atom. The van der Waals surface area contributed by atoms with Crippen molar-refractivity contribution in [2.75, 3.05) is 13.2 Å². The van der Waals surface area contributed by atoms with Crippen molar-refractivity contribution in [3.05, 3.63) is 51.0 Å². The molecule has 3 heterocycles. The number of furan rings is 1. The average molecular weight is 440 g/mol. The van der Waals surface area contributed by atoms with Gasteiger partial charge in [-0.1, -0.05) is 53.2 Å². The third kappa shape index (κ3) is 3.96. The molecule has 2 fully saturated rings. The molecule has 0 unspecified atom stereocenters. The summed E-state index contributed by atoms with van der Waals surface area (Å²) in [6, 6.07) is 8.95. The van der Waals surface area contributed by atoms with Gasteiger partial charge in [0.05, 0.1) is 27.6 Å². The number of carbonyl (C=O) groups is 1. The van der Waals surface area contributed by atoms with E-state index in [4.69, 9.17) is 44.6 Å². The van der Waals surface area contributed by atoms with E-state index in [1.165, 1.54) is 11.8 Å². The zero-order chi connectivity index (χ0) is 19.0. The van der Waals surface area contributed by atoms with Crippen LogP contribution in [0.15, 0.2) is 39.7 Å². The van der Waals surface area contributed by atoms with Crippen molar-refractivity contribution in [1.82, 2.24) is 4.90 Å². The quantitative estimate of drug-likeness (QED) is 0.455. The monoisotopic (exact) mass is 439 g/mol. The van der Waals surface area contributed by atoms with Crippen LogP contribution in [0.1, 0.15) is 18.6 Å². The maximum Gasteiger partial charge on any atom is 0.266 e. The van der Waals surface area contributed by atoms with E-state index in [0.717, 1.165) is 19.4 Å². The first-order valence-corrected chi connectivity index (χ1v) is 10.4. The van der Waals surface area contributed by atoms with Crippen molar-refractivity contribution < 1.29 is 13.9 Å². The predicted molar refractivity (Wildman–Crippen MR) is 113 cm³/mol. The number of thiocarbonyl (C=S) groups is 1. The Bertz CT molecular complexity index is 935. The third-order valence-corrected chi connectivity index (χ3v) is 6.60. The van der Waals surface area contributed by atoms with Crippen LogP contribution in [0.4, 0.5) is 0 Å². The van der Waals surface area contributed by atoms with Gasteiger partial charge in [-0.2, -0.15) is 0 Å². The van der Waals surface area contributed by atoms with Gasteiger partial charge in [-0.05, 0) is 37.1 Å². The number of halogens is 2. The van der Waals surface area contributed by atoms with Crippen molar-refractivity contribution in [2.45, 2.75) is 18.9 Å². The van der Waals surface area contributed by atoms with Crippen molar-refractivity contribution in [2.24, 2.45) is 0 Å². The minimum Gasteiger partial charge on any atom is -0.457 e. The highest BCUT2D eigenvalue weighted by atomic mass is 35.5. The summed E-state index contributed by atoms with van der Waals surface area (Å²) in [7, 11) is 0. The molecule has 140 valence electrons. The molecule has 4 rings (SSSR count). The molecule has 1 aromatic heterocycles. The van der Waals surface area contributed by atoms with E-state index in [2.05, 4.69) is 0 Å². The molecular formula is C19H15Cl2NO3S2. The van der Waals surface area contributed by atoms with Crippen LogP contribution in [-0.4, -0.2) is 34.4 Å². The number of amides is 1. The van der Waals surface area contributed by atoms with Crippen LogP contribution in [0, 0.1) is 0 Å². The highest BCUT2D eigenvalue weighted by Crippen LogP contribution is 2.37. The fourth-order valence-corrected chi connectivity index (χ4v) is 4.70. The fourth-order valence-electron chi connectivity index (χ4n) is 3.05. The smallest absolute Gasteiger partial charge is 0.266 e. The molecule has 0 N–H and O–H groups in total. The van der Waals surface area contributed by atoms with Gasteiger partial charge in [-0.25, -0.2) is 0 Å². The maximum atomic E-state index is 12.7. The zero-order valence-electron chi connectivity index (χ0n) is 14.1. The molecule has 2 aliphatic heterocycles. The molecule has 2 aromatic rings. The minimum absolute atomic E-state index is 0.0621. The van der Waals surface area contributed by atoms with Crippen molar-refractivity contribution >= 4 is 63.5 Å². The van der Waals surface area contributed by atoms with E-state index in [-0.39, 0.29) is 12.0 Å². The molecule has 0 bridgehead atoms. The molecule has 1 atom stereocenters. The molecule has 8 heteroatoms. The van der Waals surface area contributed by atoms with E-state index < -0.39 is 0 Å². The molecule has 0 saturated carbocycles. The lowest BCUT2D eigenvalue weighted by Gasteiger charge is -2.18. The summed E-state index contributed by atoms with van der Waals surface area (Å²) in [4.78, 5) is 14.8. The molecule has 0 spiro atoms. The van der Waals surface area contributed by atoms with E-state index >= 15 is 0 Å².